The molecule has 15 rings (SSSR count). The lowest BCUT2D eigenvalue weighted by Gasteiger charge is -2.34. The van der Waals surface area contributed by atoms with Gasteiger partial charge >= 0.3 is 0 Å². The third kappa shape index (κ3) is 5.99. The number of benzene rings is 11. The molecule has 0 N–H and O–H groups in total. The minimum absolute atomic E-state index is 0.589. The van der Waals surface area contributed by atoms with E-state index in [-0.39, 0.29) is 0 Å². The van der Waals surface area contributed by atoms with Gasteiger partial charge in [-0.25, -0.2) is 0 Å². The van der Waals surface area contributed by atoms with E-state index in [9.17, 15) is 0 Å². The minimum atomic E-state index is -0.589. The standard InChI is InChI=1S/C67H41NOS2/c1-3-15-44(16-4-1)67(45-17-5-2-6-18-45)58-39-37-48(41-57(58)63-59(67)40-38-54-51-19-7-10-26-60(51)69-64(54)63)68(46-33-29-42(30-34-46)49-22-13-24-55-52-20-8-11-27-61(52)70-65(49)55)47-35-31-43(32-36-47)50-23-14-25-56-53-21-9-12-28-62(53)71-66(50)56/h1-41H. The van der Waals surface area contributed by atoms with Crippen molar-refractivity contribution < 1.29 is 4.42 Å². The van der Waals surface area contributed by atoms with Gasteiger partial charge in [0.05, 0.1) is 5.41 Å². The largest absolute Gasteiger partial charge is 0.455 e. The monoisotopic (exact) mass is 939 g/mol. The third-order valence-electron chi connectivity index (χ3n) is 15.0. The fourth-order valence-electron chi connectivity index (χ4n) is 11.9. The highest BCUT2D eigenvalue weighted by molar-refractivity contribution is 7.26. The Labute approximate surface area is 418 Å². The Bertz CT molecular complexity index is 4190. The van der Waals surface area contributed by atoms with Crippen molar-refractivity contribution in [1.82, 2.24) is 0 Å². The van der Waals surface area contributed by atoms with Gasteiger partial charge in [0, 0.05) is 73.7 Å². The van der Waals surface area contributed by atoms with Gasteiger partial charge in [0.15, 0.2) is 0 Å². The molecule has 3 aromatic heterocycles. The Balaban J connectivity index is 0.946. The molecule has 2 nitrogen and oxygen atoms in total. The maximum absolute atomic E-state index is 6.98. The van der Waals surface area contributed by atoms with E-state index < -0.39 is 5.41 Å². The van der Waals surface area contributed by atoms with Gasteiger partial charge in [0.2, 0.25) is 0 Å². The lowest BCUT2D eigenvalue weighted by molar-refractivity contribution is 0.669. The van der Waals surface area contributed by atoms with Crippen LogP contribution in [-0.4, -0.2) is 0 Å². The highest BCUT2D eigenvalue weighted by atomic mass is 32.1. The molecular weight excluding hydrogens is 899 g/mol. The van der Waals surface area contributed by atoms with Crippen LogP contribution in [0.15, 0.2) is 253 Å². The van der Waals surface area contributed by atoms with Crippen LogP contribution in [0.1, 0.15) is 22.3 Å². The SMILES string of the molecule is c1ccc(C2(c3ccccc3)c3ccc(N(c4ccc(-c5cccc6c5sc5ccccc56)cc4)c4ccc(-c5cccc6c5sc5ccccc56)cc4)cc3-c3c2ccc2c3oc3ccccc32)cc1. The van der Waals surface area contributed by atoms with Crippen LogP contribution in [0.4, 0.5) is 17.1 Å². The number of thiophene rings is 2. The summed E-state index contributed by atoms with van der Waals surface area (Å²) in [5.74, 6) is 0. The fourth-order valence-corrected chi connectivity index (χ4v) is 14.3. The molecule has 0 unspecified atom stereocenters. The first-order valence-corrected chi connectivity index (χ1v) is 25.9. The summed E-state index contributed by atoms with van der Waals surface area (Å²) in [6.07, 6.45) is 0. The number of hydrogen-bond acceptors (Lipinski definition) is 4. The highest BCUT2D eigenvalue weighted by Crippen LogP contribution is 2.59. The average Bonchev–Trinajstić information content (AvgIpc) is 4.20. The number of furan rings is 1. The van der Waals surface area contributed by atoms with Gasteiger partial charge in [0.1, 0.15) is 11.2 Å². The molecule has 0 atom stereocenters. The number of hydrogen-bond donors (Lipinski definition) is 0. The van der Waals surface area contributed by atoms with E-state index in [4.69, 9.17) is 4.42 Å². The van der Waals surface area contributed by atoms with Crippen molar-refractivity contribution in [3.05, 3.63) is 271 Å². The van der Waals surface area contributed by atoms with E-state index >= 15 is 0 Å². The molecule has 0 aliphatic heterocycles. The first kappa shape index (κ1) is 40.4. The molecule has 0 amide bonds. The van der Waals surface area contributed by atoms with Crippen molar-refractivity contribution in [2.75, 3.05) is 4.90 Å². The topological polar surface area (TPSA) is 16.4 Å². The number of anilines is 3. The predicted molar refractivity (Wildman–Crippen MR) is 302 cm³/mol. The maximum Gasteiger partial charge on any atom is 0.143 e. The second-order valence-corrected chi connectivity index (χ2v) is 20.8. The van der Waals surface area contributed by atoms with Crippen molar-refractivity contribution in [3.8, 4) is 33.4 Å². The molecule has 3 heterocycles. The zero-order valence-corrected chi connectivity index (χ0v) is 40.0. The van der Waals surface area contributed by atoms with Crippen LogP contribution in [0.5, 0.6) is 0 Å². The molecular formula is C67H41NOS2. The van der Waals surface area contributed by atoms with E-state index in [0.29, 0.717) is 0 Å². The number of fused-ring (bicyclic) bond motifs is 13. The molecule has 4 heteroatoms. The minimum Gasteiger partial charge on any atom is -0.455 e. The molecule has 0 saturated carbocycles. The molecule has 0 bridgehead atoms. The van der Waals surface area contributed by atoms with Crippen LogP contribution in [0.2, 0.25) is 0 Å². The van der Waals surface area contributed by atoms with Crippen molar-refractivity contribution in [3.63, 3.8) is 0 Å². The summed E-state index contributed by atoms with van der Waals surface area (Å²) in [5, 5.41) is 7.48. The fraction of sp³-hybridized carbons (Fsp3) is 0.0149. The molecule has 1 aliphatic rings. The zero-order chi connectivity index (χ0) is 46.6. The van der Waals surface area contributed by atoms with Gasteiger partial charge in [-0.3, -0.25) is 0 Å². The second-order valence-electron chi connectivity index (χ2n) is 18.7. The quantitative estimate of drug-likeness (QED) is 0.158. The lowest BCUT2D eigenvalue weighted by atomic mass is 9.67. The summed E-state index contributed by atoms with van der Waals surface area (Å²) in [6.45, 7) is 0. The first-order valence-electron chi connectivity index (χ1n) is 24.2. The molecule has 0 fully saturated rings. The van der Waals surface area contributed by atoms with Crippen molar-refractivity contribution in [1.29, 1.82) is 0 Å². The Morgan fingerprint density at radius 3 is 1.39 bits per heavy atom. The van der Waals surface area contributed by atoms with Gasteiger partial charge in [-0.15, -0.1) is 22.7 Å². The highest BCUT2D eigenvalue weighted by Gasteiger charge is 2.47. The van der Waals surface area contributed by atoms with Gasteiger partial charge in [-0.2, -0.15) is 0 Å². The van der Waals surface area contributed by atoms with Gasteiger partial charge < -0.3 is 9.32 Å². The molecule has 0 saturated heterocycles. The van der Waals surface area contributed by atoms with Gasteiger partial charge in [0.25, 0.3) is 0 Å². The molecule has 0 spiro atoms. The molecule has 1 aliphatic carbocycles. The van der Waals surface area contributed by atoms with Crippen LogP contribution >= 0.6 is 22.7 Å². The lowest BCUT2D eigenvalue weighted by Crippen LogP contribution is -2.28. The van der Waals surface area contributed by atoms with Crippen LogP contribution in [0.25, 0.3) is 95.7 Å². The van der Waals surface area contributed by atoms with E-state index in [2.05, 4.69) is 254 Å². The van der Waals surface area contributed by atoms with Gasteiger partial charge in [-0.1, -0.05) is 194 Å². The number of rotatable bonds is 7. The summed E-state index contributed by atoms with van der Waals surface area (Å²) >= 11 is 3.75. The molecule has 332 valence electrons. The Morgan fingerprint density at radius 1 is 0.338 bits per heavy atom. The van der Waals surface area contributed by atoms with Crippen LogP contribution in [-0.2, 0) is 5.41 Å². The zero-order valence-electron chi connectivity index (χ0n) is 38.3. The van der Waals surface area contributed by atoms with Crippen LogP contribution in [0, 0.1) is 0 Å². The normalized spacial score (nSPS) is 12.9. The van der Waals surface area contributed by atoms with E-state index in [1.54, 1.807) is 0 Å². The van der Waals surface area contributed by atoms with E-state index in [1.165, 1.54) is 90.4 Å². The predicted octanol–water partition coefficient (Wildman–Crippen LogP) is 19.5. The van der Waals surface area contributed by atoms with Crippen LogP contribution in [0.3, 0.4) is 0 Å². The van der Waals surface area contributed by atoms with E-state index in [1.807, 2.05) is 22.7 Å². The Kier molecular flexibility index (Phi) is 8.95. The van der Waals surface area contributed by atoms with E-state index in [0.717, 1.165) is 44.6 Å². The summed E-state index contributed by atoms with van der Waals surface area (Å²) in [5.41, 5.74) is 16.6. The van der Waals surface area contributed by atoms with Crippen molar-refractivity contribution in [2.24, 2.45) is 0 Å². The molecule has 11 aromatic carbocycles. The molecule has 71 heavy (non-hydrogen) atoms. The smallest absolute Gasteiger partial charge is 0.143 e. The molecule has 0 radical (unpaired) electrons. The van der Waals surface area contributed by atoms with Crippen LogP contribution < -0.4 is 4.90 Å². The first-order chi connectivity index (χ1) is 35.2. The second kappa shape index (κ2) is 15.7. The average molecular weight is 940 g/mol. The number of para-hydroxylation sites is 1. The van der Waals surface area contributed by atoms with Crippen molar-refractivity contribution in [2.45, 2.75) is 5.41 Å². The summed E-state index contributed by atoms with van der Waals surface area (Å²) in [6, 6.07) is 91.6. The maximum atomic E-state index is 6.98. The summed E-state index contributed by atoms with van der Waals surface area (Å²) in [4.78, 5) is 2.43. The summed E-state index contributed by atoms with van der Waals surface area (Å²) < 4.78 is 12.2. The number of nitrogens with zero attached hydrogens (tertiary/aromatic N) is 1. The third-order valence-corrected chi connectivity index (χ3v) is 17.4. The Hall–Kier alpha value is -8.54. The Morgan fingerprint density at radius 2 is 0.817 bits per heavy atom. The van der Waals surface area contributed by atoms with Crippen molar-refractivity contribution >= 4 is 102 Å². The molecule has 14 aromatic rings. The summed E-state index contributed by atoms with van der Waals surface area (Å²) in [7, 11) is 0. The van der Waals surface area contributed by atoms with Gasteiger partial charge in [-0.05, 0) is 105 Å².